The van der Waals surface area contributed by atoms with Crippen LogP contribution in [0.1, 0.15) is 39.0 Å². The molecule has 1 aliphatic rings. The second-order valence-electron chi connectivity index (χ2n) is 4.51. The summed E-state index contributed by atoms with van der Waals surface area (Å²) in [6.07, 6.45) is 5.32. The molecule has 0 aromatic heterocycles. The standard InChI is InChI=1S/C11H24N2O3S/c1-2-3-11-17(14,15)12-16-10-9-13-7-5-4-6-8-13/h12H,2-11H2,1H3. The molecule has 1 N–H and O–H groups in total. The Kier molecular flexibility index (Phi) is 7.03. The van der Waals surface area contributed by atoms with E-state index in [1.807, 2.05) is 6.92 Å². The molecule has 0 saturated carbocycles. The van der Waals surface area contributed by atoms with Crippen molar-refractivity contribution in [2.45, 2.75) is 39.0 Å². The summed E-state index contributed by atoms with van der Waals surface area (Å²) in [4.78, 5) is 9.51. The zero-order valence-corrected chi connectivity index (χ0v) is 11.5. The van der Waals surface area contributed by atoms with E-state index < -0.39 is 10.0 Å². The predicted molar refractivity (Wildman–Crippen MR) is 68.1 cm³/mol. The fourth-order valence-electron chi connectivity index (χ4n) is 1.87. The lowest BCUT2D eigenvalue weighted by Gasteiger charge is -2.25. The number of nitrogens with zero attached hydrogens (tertiary/aromatic N) is 1. The molecule has 1 rings (SSSR count). The third kappa shape index (κ3) is 6.98. The van der Waals surface area contributed by atoms with Crippen molar-refractivity contribution in [3.05, 3.63) is 0 Å². The van der Waals surface area contributed by atoms with Crippen LogP contribution in [0.5, 0.6) is 0 Å². The molecule has 1 saturated heterocycles. The van der Waals surface area contributed by atoms with Crippen molar-refractivity contribution >= 4 is 10.0 Å². The summed E-state index contributed by atoms with van der Waals surface area (Å²) >= 11 is 0. The molecule has 17 heavy (non-hydrogen) atoms. The van der Waals surface area contributed by atoms with Crippen LogP contribution in [0.2, 0.25) is 0 Å². The van der Waals surface area contributed by atoms with Crippen molar-refractivity contribution in [2.75, 3.05) is 32.0 Å². The van der Waals surface area contributed by atoms with Gasteiger partial charge in [-0.05, 0) is 32.4 Å². The minimum atomic E-state index is -3.24. The molecule has 0 amide bonds. The number of nitrogens with one attached hydrogen (secondary N) is 1. The highest BCUT2D eigenvalue weighted by atomic mass is 32.2. The van der Waals surface area contributed by atoms with E-state index in [1.165, 1.54) is 19.3 Å². The van der Waals surface area contributed by atoms with Gasteiger partial charge in [0.25, 0.3) is 0 Å². The van der Waals surface area contributed by atoms with Gasteiger partial charge in [-0.1, -0.05) is 24.7 Å². The van der Waals surface area contributed by atoms with Gasteiger partial charge in [0.1, 0.15) is 0 Å². The largest absolute Gasteiger partial charge is 0.301 e. The van der Waals surface area contributed by atoms with Crippen molar-refractivity contribution < 1.29 is 13.3 Å². The molecule has 5 nitrogen and oxygen atoms in total. The Morgan fingerprint density at radius 1 is 1.24 bits per heavy atom. The van der Waals surface area contributed by atoms with Crippen LogP contribution in [0, 0.1) is 0 Å². The summed E-state index contributed by atoms with van der Waals surface area (Å²) in [6, 6.07) is 0. The lowest BCUT2D eigenvalue weighted by molar-refractivity contribution is 0.0656. The van der Waals surface area contributed by atoms with E-state index in [-0.39, 0.29) is 5.75 Å². The molecule has 0 unspecified atom stereocenters. The van der Waals surface area contributed by atoms with Crippen LogP contribution in [0.4, 0.5) is 0 Å². The van der Waals surface area contributed by atoms with Crippen LogP contribution in [-0.4, -0.2) is 45.3 Å². The maximum absolute atomic E-state index is 11.4. The van der Waals surface area contributed by atoms with Gasteiger partial charge >= 0.3 is 0 Å². The van der Waals surface area contributed by atoms with Crippen molar-refractivity contribution in [1.82, 2.24) is 9.79 Å². The molecule has 1 heterocycles. The van der Waals surface area contributed by atoms with Gasteiger partial charge in [0.05, 0.1) is 12.4 Å². The highest BCUT2D eigenvalue weighted by Crippen LogP contribution is 2.07. The molecule has 0 bridgehead atoms. The van der Waals surface area contributed by atoms with Crippen LogP contribution in [0.15, 0.2) is 0 Å². The Morgan fingerprint density at radius 2 is 1.94 bits per heavy atom. The Bertz CT molecular complexity index is 287. The first-order chi connectivity index (χ1) is 8.14. The highest BCUT2D eigenvalue weighted by molar-refractivity contribution is 7.89. The fourth-order valence-corrected chi connectivity index (χ4v) is 2.88. The van der Waals surface area contributed by atoms with Crippen LogP contribution in [0.3, 0.4) is 0 Å². The van der Waals surface area contributed by atoms with E-state index in [1.54, 1.807) is 0 Å². The van der Waals surface area contributed by atoms with E-state index in [0.717, 1.165) is 26.1 Å². The van der Waals surface area contributed by atoms with E-state index >= 15 is 0 Å². The zero-order valence-electron chi connectivity index (χ0n) is 10.7. The van der Waals surface area contributed by atoms with Gasteiger partial charge < -0.3 is 4.90 Å². The third-order valence-corrected chi connectivity index (χ3v) is 4.11. The zero-order chi connectivity index (χ0) is 12.6. The molecule has 0 spiro atoms. The minimum Gasteiger partial charge on any atom is -0.301 e. The molecular formula is C11H24N2O3S. The lowest BCUT2D eigenvalue weighted by Crippen LogP contribution is -2.35. The number of unbranched alkanes of at least 4 members (excludes halogenated alkanes) is 1. The average Bonchev–Trinajstić information content (AvgIpc) is 2.34. The predicted octanol–water partition coefficient (Wildman–Crippen LogP) is 1.12. The van der Waals surface area contributed by atoms with Gasteiger partial charge in [0.2, 0.25) is 10.0 Å². The molecule has 6 heteroatoms. The van der Waals surface area contributed by atoms with Crippen LogP contribution in [-0.2, 0) is 14.9 Å². The highest BCUT2D eigenvalue weighted by Gasteiger charge is 2.11. The number of piperidine rings is 1. The van der Waals surface area contributed by atoms with E-state index in [9.17, 15) is 8.42 Å². The van der Waals surface area contributed by atoms with Gasteiger partial charge in [-0.25, -0.2) is 8.42 Å². The smallest absolute Gasteiger partial charge is 0.233 e. The molecule has 102 valence electrons. The fraction of sp³-hybridized carbons (Fsp3) is 1.00. The monoisotopic (exact) mass is 264 g/mol. The summed E-state index contributed by atoms with van der Waals surface area (Å²) < 4.78 is 22.8. The molecule has 0 aromatic carbocycles. The number of likely N-dealkylation sites (tertiary alicyclic amines) is 1. The van der Waals surface area contributed by atoms with Gasteiger partial charge in [-0.3, -0.25) is 4.84 Å². The van der Waals surface area contributed by atoms with Crippen molar-refractivity contribution in [2.24, 2.45) is 0 Å². The van der Waals surface area contributed by atoms with E-state index in [4.69, 9.17) is 4.84 Å². The van der Waals surface area contributed by atoms with Gasteiger partial charge in [0, 0.05) is 6.54 Å². The van der Waals surface area contributed by atoms with Crippen LogP contribution in [0.25, 0.3) is 0 Å². The first-order valence-corrected chi connectivity index (χ1v) is 8.13. The lowest BCUT2D eigenvalue weighted by atomic mass is 10.1. The molecule has 0 aromatic rings. The average molecular weight is 264 g/mol. The first kappa shape index (κ1) is 14.9. The summed E-state index contributed by atoms with van der Waals surface area (Å²) in [5.74, 6) is 0.146. The van der Waals surface area contributed by atoms with Crippen molar-refractivity contribution in [1.29, 1.82) is 0 Å². The molecule has 1 aliphatic heterocycles. The summed E-state index contributed by atoms with van der Waals surface area (Å²) in [5, 5.41) is 0. The summed E-state index contributed by atoms with van der Waals surface area (Å²) in [7, 11) is -3.24. The normalized spacial score (nSPS) is 18.4. The minimum absolute atomic E-state index is 0.146. The van der Waals surface area contributed by atoms with Gasteiger partial charge in [-0.2, -0.15) is 0 Å². The topological polar surface area (TPSA) is 58.6 Å². The third-order valence-electron chi connectivity index (χ3n) is 2.91. The maximum Gasteiger partial charge on any atom is 0.233 e. The van der Waals surface area contributed by atoms with Gasteiger partial charge in [0.15, 0.2) is 0 Å². The van der Waals surface area contributed by atoms with Crippen LogP contribution < -0.4 is 4.89 Å². The molecule has 1 fully saturated rings. The number of hydrogen-bond donors (Lipinski definition) is 1. The molecular weight excluding hydrogens is 240 g/mol. The Labute approximate surface area is 105 Å². The second kappa shape index (κ2) is 8.02. The second-order valence-corrected chi connectivity index (χ2v) is 6.31. The van der Waals surface area contributed by atoms with Crippen molar-refractivity contribution in [3.63, 3.8) is 0 Å². The first-order valence-electron chi connectivity index (χ1n) is 6.47. The number of sulfonamides is 1. The Balaban J connectivity index is 2.06. The Morgan fingerprint density at radius 3 is 2.59 bits per heavy atom. The summed E-state index contributed by atoms with van der Waals surface area (Å²) in [6.45, 7) is 5.40. The Hall–Kier alpha value is -0.170. The van der Waals surface area contributed by atoms with Crippen molar-refractivity contribution in [3.8, 4) is 0 Å². The maximum atomic E-state index is 11.4. The molecule has 0 atom stereocenters. The number of hydrogen-bond acceptors (Lipinski definition) is 4. The van der Waals surface area contributed by atoms with E-state index in [2.05, 4.69) is 9.79 Å². The van der Waals surface area contributed by atoms with Crippen LogP contribution >= 0.6 is 0 Å². The van der Waals surface area contributed by atoms with Gasteiger partial charge in [-0.15, -0.1) is 0 Å². The quantitative estimate of drug-likeness (QED) is 0.527. The summed E-state index contributed by atoms with van der Waals surface area (Å²) in [5.41, 5.74) is 0. The van der Waals surface area contributed by atoms with E-state index in [0.29, 0.717) is 13.0 Å². The SMILES string of the molecule is CCCCS(=O)(=O)NOCCN1CCCCC1. The molecule has 0 aliphatic carbocycles. The molecule has 0 radical (unpaired) electrons. The number of rotatable bonds is 8.